The summed E-state index contributed by atoms with van der Waals surface area (Å²) < 4.78 is 24.1. The van der Waals surface area contributed by atoms with Crippen molar-refractivity contribution < 1.29 is 33.6 Å². The van der Waals surface area contributed by atoms with Crippen LogP contribution in [-0.4, -0.2) is 69.2 Å². The lowest BCUT2D eigenvalue weighted by Crippen LogP contribution is -2.63. The number of hydrogen-bond donors (Lipinski definition) is 1. The van der Waals surface area contributed by atoms with Gasteiger partial charge in [-0.15, -0.1) is 0 Å². The fourth-order valence-corrected chi connectivity index (χ4v) is 17.5. The number of hydrogen-bond acceptors (Lipinski definition) is 7. The molecule has 0 aliphatic heterocycles. The molecule has 4 bridgehead atoms. The van der Waals surface area contributed by atoms with Gasteiger partial charge in [-0.2, -0.15) is 0 Å². The van der Waals surface area contributed by atoms with Crippen LogP contribution < -0.4 is 0 Å². The standard InChI is InChI=1S/C27H46O4.C25H42O3/c1-18-12-14-27-15-13-21(30-6)23(27)26(18,4)22(31-17-29-5)16-25(3,24(28)19(27)2)20-10-8-7-9-11-20;1-16-11-13-25-14-12-19(28-5)21(25)24(16,4)20(26)15-23(3,22(27)17(25)2)18-9-7-6-8-10-18/h18-23H,7-17H2,1-6H3;16-21,26H,6-15H2,1-5H3/t18-,19+,21-,22-,23?,25+,26+,27?;16-,17+,19-,20-,21?,23+,24+,25?/m11/s1. The third-order valence-electron chi connectivity index (χ3n) is 21.6. The van der Waals surface area contributed by atoms with Crippen molar-refractivity contribution in [1.82, 2.24) is 0 Å². The third-order valence-corrected chi connectivity index (χ3v) is 21.6. The smallest absolute Gasteiger partial charge is 0.146 e. The predicted molar refractivity (Wildman–Crippen MR) is 235 cm³/mol. The highest BCUT2D eigenvalue weighted by Gasteiger charge is 2.70. The molecule has 59 heavy (non-hydrogen) atoms. The van der Waals surface area contributed by atoms with Crippen LogP contribution in [0.1, 0.15) is 184 Å². The minimum atomic E-state index is -0.425. The fourth-order valence-electron chi connectivity index (χ4n) is 17.5. The van der Waals surface area contributed by atoms with Gasteiger partial charge in [0.15, 0.2) is 0 Å². The van der Waals surface area contributed by atoms with Gasteiger partial charge in [0, 0.05) is 54.8 Å². The predicted octanol–water partition coefficient (Wildman–Crippen LogP) is 11.4. The van der Waals surface area contributed by atoms with Gasteiger partial charge in [0.05, 0.1) is 24.4 Å². The van der Waals surface area contributed by atoms with Crippen LogP contribution in [-0.2, 0) is 28.5 Å². The Morgan fingerprint density at radius 3 is 1.41 bits per heavy atom. The molecule has 0 aromatic heterocycles. The monoisotopic (exact) mass is 825 g/mol. The summed E-state index contributed by atoms with van der Waals surface area (Å²) in [5.41, 5.74) is -0.806. The van der Waals surface area contributed by atoms with E-state index in [9.17, 15) is 14.7 Å². The molecule has 4 unspecified atom stereocenters. The van der Waals surface area contributed by atoms with E-state index >= 15 is 0 Å². The van der Waals surface area contributed by atoms with Crippen molar-refractivity contribution in [2.75, 3.05) is 28.1 Å². The highest BCUT2D eigenvalue weighted by molar-refractivity contribution is 5.88. The van der Waals surface area contributed by atoms with E-state index in [0.29, 0.717) is 60.3 Å². The van der Waals surface area contributed by atoms with E-state index in [4.69, 9.17) is 18.9 Å². The van der Waals surface area contributed by atoms with Crippen molar-refractivity contribution in [3.63, 3.8) is 0 Å². The summed E-state index contributed by atoms with van der Waals surface area (Å²) in [5.74, 6) is 3.73. The van der Waals surface area contributed by atoms with Crippen molar-refractivity contribution in [2.24, 2.45) is 79.8 Å². The van der Waals surface area contributed by atoms with Crippen LogP contribution in [0.3, 0.4) is 0 Å². The number of rotatable bonds is 7. The lowest BCUT2D eigenvalue weighted by Gasteiger charge is -2.63. The molecule has 1 N–H and O–H groups in total. The van der Waals surface area contributed by atoms with Crippen LogP contribution in [0.2, 0.25) is 0 Å². The minimum absolute atomic E-state index is 0.0103. The molecule has 0 heterocycles. The van der Waals surface area contributed by atoms with Crippen molar-refractivity contribution >= 4 is 11.6 Å². The van der Waals surface area contributed by atoms with Gasteiger partial charge in [-0.3, -0.25) is 9.59 Å². The van der Waals surface area contributed by atoms with Gasteiger partial charge < -0.3 is 24.1 Å². The van der Waals surface area contributed by atoms with Crippen molar-refractivity contribution in [2.45, 2.75) is 208 Å². The SMILES string of the molecule is COCO[C@@H]1C[C@@](C)(C2CCCCC2)C(=O)[C@H](C)C23CC[C@@H](C)[C@]1(C)C2[C@H](OC)CC3.CO[C@@H]1CCC23CC[C@@H](C)[C@](C)(C12)[C@H](O)C[C@@](C)(C1CCCCC1)C(=O)[C@@H]3C. The zero-order valence-electron chi connectivity index (χ0n) is 39.7. The first kappa shape index (κ1) is 46.1. The molecule has 16 atom stereocenters. The Labute approximate surface area is 360 Å². The van der Waals surface area contributed by atoms with Crippen molar-refractivity contribution in [3.8, 4) is 0 Å². The fraction of sp³-hybridized carbons (Fsp3) is 0.962. The number of methoxy groups -OCH3 is 3. The minimum Gasteiger partial charge on any atom is -0.393 e. The number of carbonyl (C=O) groups excluding carboxylic acids is 2. The first-order valence-electron chi connectivity index (χ1n) is 24.9. The summed E-state index contributed by atoms with van der Waals surface area (Å²) in [7, 11) is 5.41. The zero-order valence-corrected chi connectivity index (χ0v) is 39.7. The van der Waals surface area contributed by atoms with Crippen LogP contribution in [0.25, 0.3) is 0 Å². The summed E-state index contributed by atoms with van der Waals surface area (Å²) in [4.78, 5) is 28.6. The summed E-state index contributed by atoms with van der Waals surface area (Å²) >= 11 is 0. The second-order valence-electron chi connectivity index (χ2n) is 23.3. The molecule has 0 spiro atoms. The first-order valence-corrected chi connectivity index (χ1v) is 24.9. The number of ketones is 2. The molecular formula is C52H88O7. The molecule has 8 rings (SSSR count). The molecule has 8 fully saturated rings. The normalized spacial score (nSPS) is 50.7. The summed E-state index contributed by atoms with van der Waals surface area (Å²) in [6.45, 7) is 18.9. The number of aliphatic hydroxyl groups is 1. The van der Waals surface area contributed by atoms with Gasteiger partial charge in [-0.25, -0.2) is 0 Å². The third kappa shape index (κ3) is 7.04. The Hall–Kier alpha value is -0.860. The summed E-state index contributed by atoms with van der Waals surface area (Å²) in [6.07, 6.45) is 22.7. The van der Waals surface area contributed by atoms with E-state index < -0.39 is 6.10 Å². The molecule has 0 aromatic carbocycles. The number of Topliss-reactive ketones (excluding diaryl/α,β-unsaturated/α-hetero) is 2. The molecule has 0 saturated heterocycles. The molecular weight excluding hydrogens is 737 g/mol. The molecule has 7 heteroatoms. The highest BCUT2D eigenvalue weighted by Crippen LogP contribution is 2.71. The number of ether oxygens (including phenoxy) is 4. The molecule has 8 aliphatic rings. The van der Waals surface area contributed by atoms with Gasteiger partial charge >= 0.3 is 0 Å². The molecule has 0 aromatic rings. The van der Waals surface area contributed by atoms with Crippen LogP contribution in [0.4, 0.5) is 0 Å². The van der Waals surface area contributed by atoms with Gasteiger partial charge in [0.1, 0.15) is 18.4 Å². The van der Waals surface area contributed by atoms with Crippen LogP contribution in [0.15, 0.2) is 0 Å². The Bertz CT molecular complexity index is 1490. The largest absolute Gasteiger partial charge is 0.393 e. The lowest BCUT2D eigenvalue weighted by molar-refractivity contribution is -0.223. The van der Waals surface area contributed by atoms with Crippen LogP contribution in [0, 0.1) is 79.8 Å². The average molecular weight is 825 g/mol. The summed E-state index contributed by atoms with van der Waals surface area (Å²) in [5, 5.41) is 11.8. The molecule has 8 aliphatic carbocycles. The second-order valence-corrected chi connectivity index (χ2v) is 23.3. The number of aliphatic hydroxyl groups excluding tert-OH is 1. The Morgan fingerprint density at radius 2 is 0.966 bits per heavy atom. The maximum Gasteiger partial charge on any atom is 0.146 e. The second kappa shape index (κ2) is 17.3. The van der Waals surface area contributed by atoms with Gasteiger partial charge in [0.25, 0.3) is 0 Å². The van der Waals surface area contributed by atoms with Crippen LogP contribution >= 0.6 is 0 Å². The molecule has 338 valence electrons. The highest BCUT2D eigenvalue weighted by atomic mass is 16.7. The van der Waals surface area contributed by atoms with Crippen molar-refractivity contribution in [1.29, 1.82) is 0 Å². The van der Waals surface area contributed by atoms with Gasteiger partial charge in [0.2, 0.25) is 0 Å². The van der Waals surface area contributed by atoms with Gasteiger partial charge in [-0.1, -0.05) is 93.9 Å². The van der Waals surface area contributed by atoms with Gasteiger partial charge in [-0.05, 0) is 136 Å². The molecule has 0 radical (unpaired) electrons. The first-order chi connectivity index (χ1) is 28.0. The van der Waals surface area contributed by atoms with E-state index in [2.05, 4.69) is 55.4 Å². The molecule has 0 amide bonds. The number of carbonyl (C=O) groups is 2. The van der Waals surface area contributed by atoms with Crippen molar-refractivity contribution in [3.05, 3.63) is 0 Å². The maximum atomic E-state index is 14.4. The van der Waals surface area contributed by atoms with E-state index in [1.54, 1.807) is 7.11 Å². The average Bonchev–Trinajstić information content (AvgIpc) is 3.85. The van der Waals surface area contributed by atoms with E-state index in [1.165, 1.54) is 57.8 Å². The molecule has 8 saturated carbocycles. The topological polar surface area (TPSA) is 91.3 Å². The quantitative estimate of drug-likeness (QED) is 0.256. The van der Waals surface area contributed by atoms with E-state index in [1.807, 2.05) is 14.2 Å². The van der Waals surface area contributed by atoms with E-state index in [-0.39, 0.29) is 62.6 Å². The Balaban J connectivity index is 0.000000180. The molecule has 7 nitrogen and oxygen atoms in total. The Morgan fingerprint density at radius 1 is 0.559 bits per heavy atom. The van der Waals surface area contributed by atoms with Crippen LogP contribution in [0.5, 0.6) is 0 Å². The Kier molecular flexibility index (Phi) is 13.5. The van der Waals surface area contributed by atoms with E-state index in [0.717, 1.165) is 64.2 Å². The zero-order chi connectivity index (χ0) is 42.8. The summed E-state index contributed by atoms with van der Waals surface area (Å²) in [6, 6.07) is 0. The lowest BCUT2D eigenvalue weighted by atomic mass is 9.43. The maximum absolute atomic E-state index is 14.4.